The fourth-order valence-electron chi connectivity index (χ4n) is 3.50. The van der Waals surface area contributed by atoms with E-state index in [0.29, 0.717) is 13.0 Å². The van der Waals surface area contributed by atoms with Gasteiger partial charge in [0.05, 0.1) is 24.2 Å². The summed E-state index contributed by atoms with van der Waals surface area (Å²) < 4.78 is 16.3. The minimum absolute atomic E-state index is 0.0732. The Morgan fingerprint density at radius 2 is 1.68 bits per heavy atom. The fraction of sp³-hybridized carbons (Fsp3) is 0.833. The molecule has 0 aliphatic heterocycles. The predicted molar refractivity (Wildman–Crippen MR) is 115 cm³/mol. The molecule has 3 unspecified atom stereocenters. The summed E-state index contributed by atoms with van der Waals surface area (Å²) in [6, 6.07) is 0. The van der Waals surface area contributed by atoms with Gasteiger partial charge >= 0.3 is 0 Å². The molecule has 0 heterocycles. The minimum Gasteiger partial charge on any atom is -0.366 e. The molecule has 7 heteroatoms. The number of ketones is 1. The van der Waals surface area contributed by atoms with Gasteiger partial charge in [0.25, 0.3) is 0 Å². The van der Waals surface area contributed by atoms with Crippen molar-refractivity contribution in [2.75, 3.05) is 6.61 Å². The summed E-state index contributed by atoms with van der Waals surface area (Å²) >= 11 is 0. The highest BCUT2D eigenvalue weighted by Gasteiger charge is 2.47. The van der Waals surface area contributed by atoms with Crippen LogP contribution in [0.15, 0.2) is 12.7 Å². The summed E-state index contributed by atoms with van der Waals surface area (Å²) in [5.74, 6) is 0.245. The zero-order valence-electron chi connectivity index (χ0n) is 16.6. The van der Waals surface area contributed by atoms with Crippen LogP contribution in [0.25, 0.3) is 0 Å². The van der Waals surface area contributed by atoms with E-state index in [1.54, 1.807) is 0 Å². The summed E-state index contributed by atoms with van der Waals surface area (Å²) in [5, 5.41) is 0. The lowest BCUT2D eigenvalue weighted by Gasteiger charge is -2.44. The molecule has 0 aromatic carbocycles. The first-order valence-corrected chi connectivity index (χ1v) is 10.1. The van der Waals surface area contributed by atoms with Crippen LogP contribution >= 0.6 is 28.4 Å². The van der Waals surface area contributed by atoms with Crippen LogP contribution in [-0.4, -0.2) is 24.6 Å². The van der Waals surface area contributed by atoms with Crippen molar-refractivity contribution in [3.63, 3.8) is 0 Å². The number of allylic oxidation sites excluding steroid dienone is 1. The number of hydrogen-bond acceptors (Lipinski definition) is 4. The SMILES string of the molecule is C=CC[C@H](C)[C@H](OP)C(C)(C)[C@@H](C)C(=O)C(C)(C)[C@H](CCOP)OP. The minimum atomic E-state index is -0.630. The van der Waals surface area contributed by atoms with Gasteiger partial charge in [0, 0.05) is 39.7 Å². The van der Waals surface area contributed by atoms with Gasteiger partial charge in [-0.1, -0.05) is 47.6 Å². The topological polar surface area (TPSA) is 44.8 Å². The average Bonchev–Trinajstić information content (AvgIpc) is 2.54. The average molecular weight is 410 g/mol. The van der Waals surface area contributed by atoms with Gasteiger partial charge < -0.3 is 13.6 Å². The van der Waals surface area contributed by atoms with Gasteiger partial charge in [-0.3, -0.25) is 4.79 Å². The Balaban J connectivity index is 5.47. The van der Waals surface area contributed by atoms with Gasteiger partial charge in [-0.05, 0) is 18.8 Å². The van der Waals surface area contributed by atoms with Crippen molar-refractivity contribution in [2.45, 2.75) is 66.6 Å². The van der Waals surface area contributed by atoms with Crippen LogP contribution in [0.2, 0.25) is 0 Å². The van der Waals surface area contributed by atoms with E-state index in [0.717, 1.165) is 6.42 Å². The molecule has 0 radical (unpaired) electrons. The number of carbonyl (C=O) groups is 1. The molecule has 7 atom stereocenters. The van der Waals surface area contributed by atoms with Gasteiger partial charge in [0.15, 0.2) is 0 Å². The molecule has 0 saturated carbocycles. The van der Waals surface area contributed by atoms with E-state index in [-0.39, 0.29) is 35.2 Å². The predicted octanol–water partition coefficient (Wildman–Crippen LogP) is 5.00. The van der Waals surface area contributed by atoms with Crippen LogP contribution in [0.4, 0.5) is 0 Å². The van der Waals surface area contributed by atoms with Crippen LogP contribution in [0.5, 0.6) is 0 Å². The lowest BCUT2D eigenvalue weighted by atomic mass is 9.64. The van der Waals surface area contributed by atoms with Crippen LogP contribution in [0.1, 0.15) is 54.4 Å². The maximum absolute atomic E-state index is 13.4. The molecular formula is C18H37O4P3. The molecule has 0 N–H and O–H groups in total. The maximum Gasteiger partial charge on any atom is 0.144 e. The highest BCUT2D eigenvalue weighted by atomic mass is 31.0. The van der Waals surface area contributed by atoms with Crippen molar-refractivity contribution in [3.05, 3.63) is 12.7 Å². The monoisotopic (exact) mass is 410 g/mol. The number of rotatable bonds is 13. The molecule has 0 bridgehead atoms. The van der Waals surface area contributed by atoms with Crippen molar-refractivity contribution < 1.29 is 18.4 Å². The van der Waals surface area contributed by atoms with E-state index in [4.69, 9.17) is 13.6 Å². The molecule has 0 aliphatic rings. The molecule has 0 aromatic rings. The zero-order valence-corrected chi connectivity index (χ0v) is 20.0. The lowest BCUT2D eigenvalue weighted by Crippen LogP contribution is -2.49. The van der Waals surface area contributed by atoms with Crippen molar-refractivity contribution >= 4 is 34.2 Å². The Labute approximate surface area is 161 Å². The third kappa shape index (κ3) is 6.60. The normalized spacial score (nSPS) is 17.6. The maximum atomic E-state index is 13.4. The van der Waals surface area contributed by atoms with E-state index >= 15 is 0 Å². The first-order chi connectivity index (χ1) is 11.5. The second-order valence-electron chi connectivity index (χ2n) is 7.97. The van der Waals surface area contributed by atoms with Gasteiger partial charge in [-0.25, -0.2) is 0 Å². The Morgan fingerprint density at radius 3 is 2.08 bits per heavy atom. The fourth-order valence-corrected chi connectivity index (χ4v) is 4.74. The van der Waals surface area contributed by atoms with Crippen molar-refractivity contribution in [3.8, 4) is 0 Å². The quantitative estimate of drug-likeness (QED) is 0.317. The van der Waals surface area contributed by atoms with E-state index in [2.05, 4.69) is 55.8 Å². The first kappa shape index (κ1) is 25.6. The van der Waals surface area contributed by atoms with E-state index < -0.39 is 5.41 Å². The van der Waals surface area contributed by atoms with Crippen LogP contribution in [0.3, 0.4) is 0 Å². The van der Waals surface area contributed by atoms with Gasteiger partial charge in [-0.15, -0.1) is 6.58 Å². The van der Waals surface area contributed by atoms with Gasteiger partial charge in [0.2, 0.25) is 0 Å². The van der Waals surface area contributed by atoms with Crippen molar-refractivity contribution in [1.82, 2.24) is 0 Å². The number of hydrogen-bond donors (Lipinski definition) is 0. The molecule has 0 aromatic heterocycles. The van der Waals surface area contributed by atoms with Crippen molar-refractivity contribution in [2.24, 2.45) is 22.7 Å². The largest absolute Gasteiger partial charge is 0.366 e. The molecule has 0 fully saturated rings. The molecule has 25 heavy (non-hydrogen) atoms. The Kier molecular flexibility index (Phi) is 11.7. The smallest absolute Gasteiger partial charge is 0.144 e. The summed E-state index contributed by atoms with van der Waals surface area (Å²) in [6.45, 7) is 16.6. The molecule has 0 aliphatic carbocycles. The van der Waals surface area contributed by atoms with E-state index in [9.17, 15) is 4.79 Å². The Morgan fingerprint density at radius 1 is 1.12 bits per heavy atom. The van der Waals surface area contributed by atoms with Crippen molar-refractivity contribution in [1.29, 1.82) is 0 Å². The Bertz CT molecular complexity index is 427. The number of carbonyl (C=O) groups excluding carboxylic acids is 1. The van der Waals surface area contributed by atoms with Crippen LogP contribution < -0.4 is 0 Å². The third-order valence-electron chi connectivity index (χ3n) is 5.55. The summed E-state index contributed by atoms with van der Waals surface area (Å²) in [4.78, 5) is 13.4. The lowest BCUT2D eigenvalue weighted by molar-refractivity contribution is -0.142. The standard InChI is InChI=1S/C18H37O4P3/c1-8-9-12(2)16(22-25)17(4,5)13(3)15(19)18(6,7)14(21-24)10-11-20-23/h8,12-14,16H,1,9-11,23-25H2,2-7H3/t12-,13-,14-,16-/m0/s1. The summed E-state index contributed by atoms with van der Waals surface area (Å²) in [5.41, 5.74) is -0.962. The molecule has 0 saturated heterocycles. The van der Waals surface area contributed by atoms with E-state index in [1.165, 1.54) is 0 Å². The van der Waals surface area contributed by atoms with Gasteiger partial charge in [0.1, 0.15) is 5.78 Å². The summed E-state index contributed by atoms with van der Waals surface area (Å²) in [6.07, 6.45) is 3.08. The second kappa shape index (κ2) is 11.4. The van der Waals surface area contributed by atoms with Gasteiger partial charge in [-0.2, -0.15) is 0 Å². The molecule has 0 spiro atoms. The number of Topliss-reactive ketones (excluding diaryl/α,β-unsaturated/α-hetero) is 1. The summed E-state index contributed by atoms with van der Waals surface area (Å²) in [7, 11) is 6.89. The third-order valence-corrected chi connectivity index (χ3v) is 6.40. The molecular weight excluding hydrogens is 373 g/mol. The highest BCUT2D eigenvalue weighted by Crippen LogP contribution is 2.43. The molecule has 148 valence electrons. The van der Waals surface area contributed by atoms with Crippen LogP contribution in [-0.2, 0) is 18.4 Å². The first-order valence-electron chi connectivity index (χ1n) is 8.70. The van der Waals surface area contributed by atoms with Crippen LogP contribution in [0, 0.1) is 22.7 Å². The molecule has 0 rings (SSSR count). The molecule has 4 nitrogen and oxygen atoms in total. The highest BCUT2D eigenvalue weighted by molar-refractivity contribution is 7.10. The zero-order chi connectivity index (χ0) is 19.8. The van der Waals surface area contributed by atoms with E-state index in [1.807, 2.05) is 26.8 Å². The second-order valence-corrected chi connectivity index (χ2v) is 8.85. The Hall–Kier alpha value is 0.580. The molecule has 0 amide bonds.